The Morgan fingerprint density at radius 1 is 0.848 bits per heavy atom. The maximum atomic E-state index is 11.1. The highest BCUT2D eigenvalue weighted by atomic mass is 16.3. The van der Waals surface area contributed by atoms with Crippen molar-refractivity contribution in [1.29, 1.82) is 0 Å². The third-order valence-electron chi connectivity index (χ3n) is 13.7. The fraction of sp³-hybridized carbons (Fsp3) is 0.935. The molecule has 0 aromatic carbocycles. The quantitative estimate of drug-likeness (QED) is 0.400. The van der Waals surface area contributed by atoms with Crippen molar-refractivity contribution in [3.63, 3.8) is 0 Å². The Morgan fingerprint density at radius 3 is 2.18 bits per heavy atom. The van der Waals surface area contributed by atoms with E-state index in [-0.39, 0.29) is 11.5 Å². The van der Waals surface area contributed by atoms with Crippen molar-refractivity contribution in [2.45, 2.75) is 132 Å². The van der Waals surface area contributed by atoms with Gasteiger partial charge in [-0.2, -0.15) is 0 Å². The summed E-state index contributed by atoms with van der Waals surface area (Å²) >= 11 is 0. The third-order valence-corrected chi connectivity index (χ3v) is 13.7. The SMILES string of the molecule is CC(O)[C@@]1(C)C2CC[C@]3(C)[C@H](CC=C4[C@H]5CC(C)(C)CC[C@]5(C)CC[C@]43C)[C@@]2(C)CC[C@@H]1O. The lowest BCUT2D eigenvalue weighted by atomic mass is 9.33. The topological polar surface area (TPSA) is 40.5 Å². The van der Waals surface area contributed by atoms with Gasteiger partial charge in [0.2, 0.25) is 0 Å². The van der Waals surface area contributed by atoms with E-state index in [9.17, 15) is 10.2 Å². The molecule has 4 fully saturated rings. The van der Waals surface area contributed by atoms with Gasteiger partial charge in [-0.25, -0.2) is 0 Å². The third kappa shape index (κ3) is 2.98. The summed E-state index contributed by atoms with van der Waals surface area (Å²) in [6.45, 7) is 19.6. The Hall–Kier alpha value is -0.340. The van der Waals surface area contributed by atoms with Crippen LogP contribution in [-0.4, -0.2) is 22.4 Å². The van der Waals surface area contributed by atoms with Crippen LogP contribution in [0.1, 0.15) is 120 Å². The molecule has 0 aromatic rings. The lowest BCUT2D eigenvalue weighted by molar-refractivity contribution is -0.228. The van der Waals surface area contributed by atoms with E-state index in [1.807, 2.05) is 12.5 Å². The van der Waals surface area contributed by atoms with Gasteiger partial charge in [-0.15, -0.1) is 0 Å². The van der Waals surface area contributed by atoms with Crippen LogP contribution in [0.25, 0.3) is 0 Å². The van der Waals surface area contributed by atoms with Gasteiger partial charge in [0.1, 0.15) is 0 Å². The zero-order valence-electron chi connectivity index (χ0n) is 22.9. The molecule has 0 radical (unpaired) electrons. The molecule has 0 bridgehead atoms. The lowest BCUT2D eigenvalue weighted by Crippen LogP contribution is -2.66. The van der Waals surface area contributed by atoms with Gasteiger partial charge in [-0.3, -0.25) is 0 Å². The first-order chi connectivity index (χ1) is 15.1. The molecular weight excluding hydrogens is 404 g/mol. The minimum absolute atomic E-state index is 0.190. The maximum Gasteiger partial charge on any atom is 0.0621 e. The molecule has 0 aromatic heterocycles. The van der Waals surface area contributed by atoms with Crippen LogP contribution < -0.4 is 0 Å². The molecular formula is C31H52O2. The summed E-state index contributed by atoms with van der Waals surface area (Å²) in [7, 11) is 0. The van der Waals surface area contributed by atoms with Crippen LogP contribution in [0, 0.1) is 50.2 Å². The van der Waals surface area contributed by atoms with Gasteiger partial charge in [0, 0.05) is 5.41 Å². The normalized spacial score (nSPS) is 56.5. The smallest absolute Gasteiger partial charge is 0.0621 e. The van der Waals surface area contributed by atoms with E-state index in [0.29, 0.717) is 33.5 Å². The summed E-state index contributed by atoms with van der Waals surface area (Å²) in [5.41, 5.74) is 3.19. The van der Waals surface area contributed by atoms with Gasteiger partial charge < -0.3 is 10.2 Å². The van der Waals surface area contributed by atoms with Crippen molar-refractivity contribution < 1.29 is 10.2 Å². The molecule has 0 amide bonds. The summed E-state index contributed by atoms with van der Waals surface area (Å²) in [4.78, 5) is 0. The van der Waals surface area contributed by atoms with Crippen molar-refractivity contribution in [3.8, 4) is 0 Å². The molecule has 2 unspecified atom stereocenters. The van der Waals surface area contributed by atoms with E-state index in [4.69, 9.17) is 0 Å². The first-order valence-corrected chi connectivity index (χ1v) is 14.2. The second kappa shape index (κ2) is 7.12. The molecule has 4 saturated carbocycles. The number of hydrogen-bond donors (Lipinski definition) is 2. The van der Waals surface area contributed by atoms with E-state index in [1.165, 1.54) is 44.9 Å². The minimum atomic E-state index is -0.466. The monoisotopic (exact) mass is 456 g/mol. The largest absolute Gasteiger partial charge is 0.393 e. The van der Waals surface area contributed by atoms with E-state index in [0.717, 1.165) is 25.2 Å². The van der Waals surface area contributed by atoms with E-state index < -0.39 is 11.5 Å². The van der Waals surface area contributed by atoms with Gasteiger partial charge in [0.05, 0.1) is 12.2 Å². The molecule has 33 heavy (non-hydrogen) atoms. The van der Waals surface area contributed by atoms with E-state index in [1.54, 1.807) is 0 Å². The zero-order chi connectivity index (χ0) is 24.2. The molecule has 0 aliphatic heterocycles. The van der Waals surface area contributed by atoms with Gasteiger partial charge in [0.25, 0.3) is 0 Å². The molecule has 0 saturated heterocycles. The van der Waals surface area contributed by atoms with Crippen molar-refractivity contribution in [3.05, 3.63) is 11.6 Å². The fourth-order valence-electron chi connectivity index (χ4n) is 10.8. The summed E-state index contributed by atoms with van der Waals surface area (Å²) in [5.74, 6) is 1.79. The maximum absolute atomic E-state index is 11.1. The summed E-state index contributed by atoms with van der Waals surface area (Å²) in [5, 5.41) is 22.0. The highest BCUT2D eigenvalue weighted by molar-refractivity contribution is 5.33. The predicted molar refractivity (Wildman–Crippen MR) is 137 cm³/mol. The molecule has 2 N–H and O–H groups in total. The van der Waals surface area contributed by atoms with Crippen molar-refractivity contribution in [1.82, 2.24) is 0 Å². The second-order valence-corrected chi connectivity index (χ2v) is 15.5. The lowest BCUT2D eigenvalue weighted by Gasteiger charge is -2.71. The Labute approximate surface area is 204 Å². The van der Waals surface area contributed by atoms with Crippen LogP contribution in [0.3, 0.4) is 0 Å². The first-order valence-electron chi connectivity index (χ1n) is 14.2. The Balaban J connectivity index is 1.57. The van der Waals surface area contributed by atoms with Crippen molar-refractivity contribution in [2.75, 3.05) is 0 Å². The van der Waals surface area contributed by atoms with Crippen LogP contribution in [-0.2, 0) is 0 Å². The van der Waals surface area contributed by atoms with Gasteiger partial charge in [0.15, 0.2) is 0 Å². The predicted octanol–water partition coefficient (Wildman–Crippen LogP) is 7.53. The van der Waals surface area contributed by atoms with Crippen LogP contribution in [0.2, 0.25) is 0 Å². The molecule has 10 atom stereocenters. The highest BCUT2D eigenvalue weighted by Crippen LogP contribution is 2.75. The number of rotatable bonds is 1. The van der Waals surface area contributed by atoms with Gasteiger partial charge >= 0.3 is 0 Å². The number of aliphatic hydroxyl groups excluding tert-OH is 2. The molecule has 2 heteroatoms. The molecule has 5 aliphatic carbocycles. The molecule has 2 nitrogen and oxygen atoms in total. The van der Waals surface area contributed by atoms with Gasteiger partial charge in [-0.1, -0.05) is 60.1 Å². The van der Waals surface area contributed by atoms with E-state index >= 15 is 0 Å². The Morgan fingerprint density at radius 2 is 1.52 bits per heavy atom. The number of hydrogen-bond acceptors (Lipinski definition) is 2. The van der Waals surface area contributed by atoms with Crippen LogP contribution >= 0.6 is 0 Å². The Bertz CT molecular complexity index is 842. The highest BCUT2D eigenvalue weighted by Gasteiger charge is 2.68. The summed E-state index contributed by atoms with van der Waals surface area (Å²) in [6.07, 6.45) is 14.3. The second-order valence-electron chi connectivity index (χ2n) is 15.5. The fourth-order valence-corrected chi connectivity index (χ4v) is 10.8. The summed E-state index contributed by atoms with van der Waals surface area (Å²) < 4.78 is 0. The molecule has 0 spiro atoms. The Kier molecular flexibility index (Phi) is 5.25. The van der Waals surface area contributed by atoms with Crippen LogP contribution in [0.5, 0.6) is 0 Å². The number of fused-ring (bicyclic) bond motifs is 7. The van der Waals surface area contributed by atoms with Crippen LogP contribution in [0.4, 0.5) is 0 Å². The average molecular weight is 457 g/mol. The molecule has 5 rings (SSSR count). The van der Waals surface area contributed by atoms with Crippen molar-refractivity contribution in [2.24, 2.45) is 50.2 Å². The number of allylic oxidation sites excluding steroid dienone is 2. The average Bonchev–Trinajstić information content (AvgIpc) is 2.72. The standard InChI is InChI=1S/C31H52O2/c1-20(32)31(8)24-11-14-30(7)23(28(24,5)13-12-25(31)33)10-9-21-22-19-26(2,3)15-16-27(22,4)17-18-29(21,30)6/h9,20,22-25,32-33H,10-19H2,1-8H3/t20?,22-,23-,24?,25+,27-,28-,29-,30-,31+/m1/s1. The first kappa shape index (κ1) is 24.4. The summed E-state index contributed by atoms with van der Waals surface area (Å²) in [6, 6.07) is 0. The zero-order valence-corrected chi connectivity index (χ0v) is 22.9. The molecule has 0 heterocycles. The van der Waals surface area contributed by atoms with Crippen molar-refractivity contribution >= 4 is 0 Å². The molecule has 5 aliphatic rings. The molecule has 188 valence electrons. The van der Waals surface area contributed by atoms with E-state index in [2.05, 4.69) is 54.5 Å². The van der Waals surface area contributed by atoms with Crippen LogP contribution in [0.15, 0.2) is 11.6 Å². The van der Waals surface area contributed by atoms with Gasteiger partial charge in [-0.05, 0) is 116 Å². The minimum Gasteiger partial charge on any atom is -0.393 e. The number of aliphatic hydroxyl groups is 2.